The second-order valence-corrected chi connectivity index (χ2v) is 6.75. The largest absolute Gasteiger partial charge is 0.469 e. The molecule has 128 valence electrons. The predicted molar refractivity (Wildman–Crippen MR) is 89.7 cm³/mol. The maximum absolute atomic E-state index is 12.2. The van der Waals surface area contributed by atoms with Gasteiger partial charge in [-0.2, -0.15) is 0 Å². The Balaban J connectivity index is 2.25. The topological polar surface area (TPSA) is 43.4 Å². The molecule has 1 aliphatic rings. The Labute approximate surface area is 136 Å². The van der Waals surface area contributed by atoms with Crippen LogP contribution in [0.5, 0.6) is 0 Å². The first-order chi connectivity index (χ1) is 10.7. The lowest BCUT2D eigenvalue weighted by atomic mass is 9.73. The van der Waals surface area contributed by atoms with Crippen molar-refractivity contribution in [3.05, 3.63) is 0 Å². The van der Waals surface area contributed by atoms with Gasteiger partial charge in [0.05, 0.1) is 7.11 Å². The van der Waals surface area contributed by atoms with E-state index in [1.54, 1.807) is 0 Å². The zero-order chi connectivity index (χ0) is 16.2. The van der Waals surface area contributed by atoms with Crippen LogP contribution >= 0.6 is 0 Å². The molecule has 0 heterocycles. The molecular weight excluding hydrogens is 276 g/mol. The minimum atomic E-state index is -0.123. The summed E-state index contributed by atoms with van der Waals surface area (Å²) in [7, 11) is 1.44. The fourth-order valence-corrected chi connectivity index (χ4v) is 3.68. The van der Waals surface area contributed by atoms with Gasteiger partial charge in [-0.05, 0) is 38.0 Å². The van der Waals surface area contributed by atoms with Gasteiger partial charge >= 0.3 is 5.97 Å². The summed E-state index contributed by atoms with van der Waals surface area (Å²) >= 11 is 0. The van der Waals surface area contributed by atoms with Crippen LogP contribution in [0, 0.1) is 11.8 Å². The summed E-state index contributed by atoms with van der Waals surface area (Å²) in [6, 6.07) is 0. The lowest BCUT2D eigenvalue weighted by Gasteiger charge is -2.30. The molecule has 1 rings (SSSR count). The van der Waals surface area contributed by atoms with Crippen molar-refractivity contribution in [1.29, 1.82) is 0 Å². The third kappa shape index (κ3) is 7.42. The number of hydrogen-bond donors (Lipinski definition) is 0. The first kappa shape index (κ1) is 19.2. The number of methoxy groups -OCH3 is 1. The molecule has 0 bridgehead atoms. The molecular formula is C19H34O3. The second kappa shape index (κ2) is 11.7. The lowest BCUT2D eigenvalue weighted by molar-refractivity contribution is -0.140. The predicted octanol–water partition coefficient (Wildman–Crippen LogP) is 5.07. The zero-order valence-electron chi connectivity index (χ0n) is 14.6. The summed E-state index contributed by atoms with van der Waals surface area (Å²) in [4.78, 5) is 23.3. The van der Waals surface area contributed by atoms with Gasteiger partial charge in [0.25, 0.3) is 0 Å². The second-order valence-electron chi connectivity index (χ2n) is 6.75. The van der Waals surface area contributed by atoms with Gasteiger partial charge in [0.15, 0.2) is 0 Å². The van der Waals surface area contributed by atoms with E-state index in [1.165, 1.54) is 45.6 Å². The number of ketones is 1. The summed E-state index contributed by atoms with van der Waals surface area (Å²) in [5.41, 5.74) is 0. The third-order valence-electron chi connectivity index (χ3n) is 5.03. The first-order valence-corrected chi connectivity index (χ1v) is 9.28. The molecule has 0 aliphatic heterocycles. The van der Waals surface area contributed by atoms with Crippen molar-refractivity contribution < 1.29 is 14.3 Å². The number of carbonyl (C=O) groups excluding carboxylic acids is 2. The molecule has 0 aromatic heterocycles. The van der Waals surface area contributed by atoms with E-state index in [0.29, 0.717) is 24.0 Å². The minimum absolute atomic E-state index is 0.123. The van der Waals surface area contributed by atoms with E-state index in [2.05, 4.69) is 11.7 Å². The summed E-state index contributed by atoms with van der Waals surface area (Å²) in [6.45, 7) is 2.24. The van der Waals surface area contributed by atoms with Crippen LogP contribution in [0.15, 0.2) is 0 Å². The number of rotatable bonds is 11. The molecule has 1 saturated carbocycles. The summed E-state index contributed by atoms with van der Waals surface area (Å²) in [6.07, 6.45) is 14.1. The van der Waals surface area contributed by atoms with Gasteiger partial charge in [0.1, 0.15) is 5.78 Å². The van der Waals surface area contributed by atoms with Gasteiger partial charge in [-0.3, -0.25) is 9.59 Å². The number of esters is 1. The highest BCUT2D eigenvalue weighted by Crippen LogP contribution is 2.34. The standard InChI is InChI=1S/C19H34O3/c1-3-4-5-7-11-16-12-10-14-18(20)17(16)13-8-6-9-15-19(21)22-2/h16-17H,3-15H2,1-2H3. The van der Waals surface area contributed by atoms with E-state index >= 15 is 0 Å². The Morgan fingerprint density at radius 1 is 1.09 bits per heavy atom. The van der Waals surface area contributed by atoms with E-state index < -0.39 is 0 Å². The van der Waals surface area contributed by atoms with E-state index in [-0.39, 0.29) is 5.97 Å². The lowest BCUT2D eigenvalue weighted by Crippen LogP contribution is -2.28. The maximum atomic E-state index is 12.2. The molecule has 0 saturated heterocycles. The van der Waals surface area contributed by atoms with Crippen LogP contribution in [0.3, 0.4) is 0 Å². The van der Waals surface area contributed by atoms with Gasteiger partial charge in [-0.25, -0.2) is 0 Å². The Bertz CT molecular complexity index is 325. The van der Waals surface area contributed by atoms with E-state index in [4.69, 9.17) is 0 Å². The third-order valence-corrected chi connectivity index (χ3v) is 5.03. The average Bonchev–Trinajstić information content (AvgIpc) is 2.52. The Morgan fingerprint density at radius 3 is 2.55 bits per heavy atom. The van der Waals surface area contributed by atoms with Crippen LogP contribution in [-0.2, 0) is 14.3 Å². The molecule has 1 fully saturated rings. The molecule has 0 radical (unpaired) electrons. The van der Waals surface area contributed by atoms with Gasteiger partial charge in [0.2, 0.25) is 0 Å². The fourth-order valence-electron chi connectivity index (χ4n) is 3.68. The van der Waals surface area contributed by atoms with Crippen molar-refractivity contribution in [1.82, 2.24) is 0 Å². The maximum Gasteiger partial charge on any atom is 0.305 e. The minimum Gasteiger partial charge on any atom is -0.469 e. The molecule has 3 nitrogen and oxygen atoms in total. The van der Waals surface area contributed by atoms with Gasteiger partial charge < -0.3 is 4.74 Å². The van der Waals surface area contributed by atoms with Gasteiger partial charge in [0, 0.05) is 18.8 Å². The Morgan fingerprint density at radius 2 is 1.82 bits per heavy atom. The molecule has 22 heavy (non-hydrogen) atoms. The summed E-state index contributed by atoms with van der Waals surface area (Å²) in [5, 5.41) is 0. The van der Waals surface area contributed by atoms with Crippen molar-refractivity contribution in [2.75, 3.05) is 7.11 Å². The number of ether oxygens (including phenoxy) is 1. The monoisotopic (exact) mass is 310 g/mol. The number of carbonyl (C=O) groups is 2. The van der Waals surface area contributed by atoms with E-state index in [0.717, 1.165) is 38.5 Å². The molecule has 3 heteroatoms. The van der Waals surface area contributed by atoms with E-state index in [1.807, 2.05) is 0 Å². The van der Waals surface area contributed by atoms with Crippen molar-refractivity contribution in [2.24, 2.45) is 11.8 Å². The van der Waals surface area contributed by atoms with Crippen molar-refractivity contribution in [2.45, 2.75) is 90.4 Å². The van der Waals surface area contributed by atoms with Crippen LogP contribution in [0.4, 0.5) is 0 Å². The van der Waals surface area contributed by atoms with Crippen molar-refractivity contribution in [3.8, 4) is 0 Å². The van der Waals surface area contributed by atoms with Crippen molar-refractivity contribution in [3.63, 3.8) is 0 Å². The van der Waals surface area contributed by atoms with E-state index in [9.17, 15) is 9.59 Å². The van der Waals surface area contributed by atoms with Gasteiger partial charge in [-0.1, -0.05) is 45.4 Å². The molecule has 1 aliphatic carbocycles. The molecule has 2 unspecified atom stereocenters. The Kier molecular flexibility index (Phi) is 10.2. The van der Waals surface area contributed by atoms with Crippen molar-refractivity contribution >= 4 is 11.8 Å². The highest BCUT2D eigenvalue weighted by Gasteiger charge is 2.30. The van der Waals surface area contributed by atoms with Crippen LogP contribution < -0.4 is 0 Å². The van der Waals surface area contributed by atoms with Crippen LogP contribution in [0.1, 0.15) is 90.4 Å². The van der Waals surface area contributed by atoms with Crippen LogP contribution in [0.25, 0.3) is 0 Å². The van der Waals surface area contributed by atoms with Gasteiger partial charge in [-0.15, -0.1) is 0 Å². The summed E-state index contributed by atoms with van der Waals surface area (Å²) < 4.78 is 4.65. The molecule has 0 N–H and O–H groups in total. The smallest absolute Gasteiger partial charge is 0.305 e. The highest BCUT2D eigenvalue weighted by atomic mass is 16.5. The van der Waals surface area contributed by atoms with Crippen LogP contribution in [-0.4, -0.2) is 18.9 Å². The zero-order valence-corrected chi connectivity index (χ0v) is 14.6. The molecule has 2 atom stereocenters. The normalized spacial score (nSPS) is 21.8. The highest BCUT2D eigenvalue weighted by molar-refractivity contribution is 5.81. The molecule has 0 aromatic rings. The molecule has 0 aromatic carbocycles. The Hall–Kier alpha value is -0.860. The number of Topliss-reactive ketones (excluding diaryl/α,β-unsaturated/α-hetero) is 1. The molecule has 0 spiro atoms. The fraction of sp³-hybridized carbons (Fsp3) is 0.895. The number of hydrogen-bond acceptors (Lipinski definition) is 3. The average molecular weight is 310 g/mol. The summed E-state index contributed by atoms with van der Waals surface area (Å²) in [5.74, 6) is 1.30. The first-order valence-electron chi connectivity index (χ1n) is 9.28. The quantitative estimate of drug-likeness (QED) is 0.395. The SMILES string of the molecule is CCCCCCC1CCCC(=O)C1CCCCCC(=O)OC. The number of unbranched alkanes of at least 4 members (excludes halogenated alkanes) is 5. The molecule has 0 amide bonds. The van der Waals surface area contributed by atoms with Crippen LogP contribution in [0.2, 0.25) is 0 Å².